The molecule has 9 nitrogen and oxygen atoms in total. The normalized spacial score (nSPS) is 18.9. The van der Waals surface area contributed by atoms with E-state index in [1.54, 1.807) is 12.1 Å². The molecule has 0 spiro atoms. The van der Waals surface area contributed by atoms with Crippen LogP contribution in [0.2, 0.25) is 5.02 Å². The average Bonchev–Trinajstić information content (AvgIpc) is 3.54. The maximum Gasteiger partial charge on any atom is 0.255 e. The van der Waals surface area contributed by atoms with Crippen molar-refractivity contribution in [1.29, 1.82) is 0 Å². The van der Waals surface area contributed by atoms with Gasteiger partial charge in [-0.3, -0.25) is 23.7 Å². The van der Waals surface area contributed by atoms with Gasteiger partial charge >= 0.3 is 0 Å². The van der Waals surface area contributed by atoms with Crippen molar-refractivity contribution in [2.75, 3.05) is 10.6 Å². The Balaban J connectivity index is 1.48. The number of hydrogen-bond donors (Lipinski definition) is 3. The standard InChI is InChI=1S/C22H17ClFN5O4/c23-11-4-7-15(26-10-11)28-22(33)19-17(20(25)31)18(19)21(32)27-14-6-5-12(9-13(14)24)29-8-2-1-3-16(29)30/h1-10,17-19H,(H2,25,31)(H,27,32)(H,26,28,33)/t17-,18-,19+/m1/s1. The first-order valence-electron chi connectivity index (χ1n) is 9.76. The average molecular weight is 470 g/mol. The lowest BCUT2D eigenvalue weighted by molar-refractivity contribution is -0.123. The van der Waals surface area contributed by atoms with Crippen LogP contribution in [-0.4, -0.2) is 27.3 Å². The molecule has 2 heterocycles. The third kappa shape index (κ3) is 4.60. The number of carbonyl (C=O) groups is 3. The largest absolute Gasteiger partial charge is 0.369 e. The molecule has 3 amide bonds. The van der Waals surface area contributed by atoms with Gasteiger partial charge in [0.05, 0.1) is 34.2 Å². The molecule has 2 aromatic heterocycles. The third-order valence-corrected chi connectivity index (χ3v) is 5.47. The molecule has 0 bridgehead atoms. The molecule has 11 heteroatoms. The molecule has 0 saturated heterocycles. The van der Waals surface area contributed by atoms with Crippen molar-refractivity contribution >= 4 is 40.8 Å². The Labute approximate surface area is 191 Å². The number of rotatable bonds is 6. The summed E-state index contributed by atoms with van der Waals surface area (Å²) in [5, 5.41) is 5.26. The van der Waals surface area contributed by atoms with Crippen LogP contribution in [0.3, 0.4) is 0 Å². The second-order valence-electron chi connectivity index (χ2n) is 7.39. The van der Waals surface area contributed by atoms with Gasteiger partial charge in [0.25, 0.3) is 5.56 Å². The van der Waals surface area contributed by atoms with Crippen molar-refractivity contribution in [2.45, 2.75) is 0 Å². The van der Waals surface area contributed by atoms with Gasteiger partial charge in [-0.1, -0.05) is 17.7 Å². The maximum atomic E-state index is 14.6. The van der Waals surface area contributed by atoms with Crippen LogP contribution in [0.4, 0.5) is 15.9 Å². The molecule has 0 unspecified atom stereocenters. The topological polar surface area (TPSA) is 136 Å². The van der Waals surface area contributed by atoms with Gasteiger partial charge in [0.2, 0.25) is 17.7 Å². The van der Waals surface area contributed by atoms with Crippen molar-refractivity contribution < 1.29 is 18.8 Å². The van der Waals surface area contributed by atoms with Crippen LogP contribution in [0.15, 0.2) is 65.7 Å². The van der Waals surface area contributed by atoms with E-state index in [-0.39, 0.29) is 22.8 Å². The van der Waals surface area contributed by atoms with E-state index in [4.69, 9.17) is 17.3 Å². The number of pyridine rings is 2. The summed E-state index contributed by atoms with van der Waals surface area (Å²) < 4.78 is 15.9. The summed E-state index contributed by atoms with van der Waals surface area (Å²) >= 11 is 5.76. The van der Waals surface area contributed by atoms with E-state index in [0.29, 0.717) is 5.02 Å². The predicted molar refractivity (Wildman–Crippen MR) is 118 cm³/mol. The van der Waals surface area contributed by atoms with E-state index < -0.39 is 41.3 Å². The van der Waals surface area contributed by atoms with Crippen LogP contribution in [0, 0.1) is 23.6 Å². The lowest BCUT2D eigenvalue weighted by Crippen LogP contribution is -2.21. The summed E-state index contributed by atoms with van der Waals surface area (Å²) in [5.41, 5.74) is 5.11. The molecule has 4 rings (SSSR count). The highest BCUT2D eigenvalue weighted by molar-refractivity contribution is 6.30. The monoisotopic (exact) mass is 469 g/mol. The zero-order chi connectivity index (χ0) is 23.7. The number of halogens is 2. The summed E-state index contributed by atoms with van der Waals surface area (Å²) in [6, 6.07) is 11.3. The Bertz CT molecular complexity index is 1310. The number of hydrogen-bond acceptors (Lipinski definition) is 5. The van der Waals surface area contributed by atoms with E-state index in [0.717, 1.165) is 6.07 Å². The molecule has 1 aliphatic rings. The van der Waals surface area contributed by atoms with Gasteiger partial charge in [-0.25, -0.2) is 9.37 Å². The highest BCUT2D eigenvalue weighted by atomic mass is 35.5. The van der Waals surface area contributed by atoms with Crippen LogP contribution < -0.4 is 21.9 Å². The molecule has 4 N–H and O–H groups in total. The minimum Gasteiger partial charge on any atom is -0.369 e. The van der Waals surface area contributed by atoms with Crippen molar-refractivity contribution in [3.05, 3.63) is 82.1 Å². The van der Waals surface area contributed by atoms with Crippen LogP contribution in [0.1, 0.15) is 0 Å². The van der Waals surface area contributed by atoms with Crippen LogP contribution >= 0.6 is 11.6 Å². The number of nitrogens with zero attached hydrogens (tertiary/aromatic N) is 2. The number of benzene rings is 1. The molecular weight excluding hydrogens is 453 g/mol. The Morgan fingerprint density at radius 2 is 1.73 bits per heavy atom. The molecule has 0 radical (unpaired) electrons. The van der Waals surface area contributed by atoms with E-state index in [9.17, 15) is 23.6 Å². The highest BCUT2D eigenvalue weighted by Gasteiger charge is 2.62. The molecule has 0 aliphatic heterocycles. The first-order valence-corrected chi connectivity index (χ1v) is 10.1. The first-order chi connectivity index (χ1) is 15.8. The number of nitrogens with one attached hydrogen (secondary N) is 2. The van der Waals surface area contributed by atoms with E-state index >= 15 is 0 Å². The maximum absolute atomic E-state index is 14.6. The van der Waals surface area contributed by atoms with E-state index in [2.05, 4.69) is 15.6 Å². The number of anilines is 2. The number of nitrogens with two attached hydrogens (primary N) is 1. The highest BCUT2D eigenvalue weighted by Crippen LogP contribution is 2.47. The van der Waals surface area contributed by atoms with Gasteiger partial charge in [0, 0.05) is 24.5 Å². The lowest BCUT2D eigenvalue weighted by atomic mass is 10.2. The second kappa shape index (κ2) is 8.83. The number of carbonyl (C=O) groups excluding carboxylic acids is 3. The van der Waals surface area contributed by atoms with Gasteiger partial charge < -0.3 is 16.4 Å². The second-order valence-corrected chi connectivity index (χ2v) is 7.83. The van der Waals surface area contributed by atoms with Crippen LogP contribution in [0.25, 0.3) is 5.69 Å². The molecule has 3 aromatic rings. The summed E-state index contributed by atoms with van der Waals surface area (Å²) in [6.45, 7) is 0. The predicted octanol–water partition coefficient (Wildman–Crippen LogP) is 1.95. The van der Waals surface area contributed by atoms with Crippen molar-refractivity contribution in [1.82, 2.24) is 9.55 Å². The Hall–Kier alpha value is -4.05. The molecular formula is C22H17ClFN5O4. The summed E-state index contributed by atoms with van der Waals surface area (Å²) in [6.07, 6.45) is 2.81. The fraction of sp³-hybridized carbons (Fsp3) is 0.136. The minimum absolute atomic E-state index is 0.165. The molecule has 1 fully saturated rings. The SMILES string of the molecule is NC(=O)[C@@H]1[C@@H](C(=O)Nc2ccc(-n3ccccc3=O)cc2F)[C@H]1C(=O)Nc1ccc(Cl)cn1. The zero-order valence-corrected chi connectivity index (χ0v) is 17.6. The Morgan fingerprint density at radius 1 is 1.00 bits per heavy atom. The number of aromatic nitrogens is 2. The fourth-order valence-electron chi connectivity index (χ4n) is 3.59. The summed E-state index contributed by atoms with van der Waals surface area (Å²) in [5.74, 6) is -5.90. The molecule has 1 aromatic carbocycles. The molecule has 33 heavy (non-hydrogen) atoms. The fourth-order valence-corrected chi connectivity index (χ4v) is 3.70. The van der Waals surface area contributed by atoms with Crippen LogP contribution in [-0.2, 0) is 14.4 Å². The zero-order valence-electron chi connectivity index (χ0n) is 16.9. The van der Waals surface area contributed by atoms with Crippen molar-refractivity contribution in [2.24, 2.45) is 23.5 Å². The molecule has 3 atom stereocenters. The van der Waals surface area contributed by atoms with E-state index in [1.807, 2.05) is 0 Å². The minimum atomic E-state index is -1.06. The number of primary amides is 1. The molecule has 1 saturated carbocycles. The summed E-state index contributed by atoms with van der Waals surface area (Å²) in [4.78, 5) is 52.9. The van der Waals surface area contributed by atoms with E-state index in [1.165, 1.54) is 47.3 Å². The van der Waals surface area contributed by atoms with Crippen molar-refractivity contribution in [3.63, 3.8) is 0 Å². The molecule has 1 aliphatic carbocycles. The Kier molecular flexibility index (Phi) is 5.93. The quantitative estimate of drug-likeness (QED) is 0.507. The lowest BCUT2D eigenvalue weighted by Gasteiger charge is -2.10. The third-order valence-electron chi connectivity index (χ3n) is 5.24. The van der Waals surface area contributed by atoms with Crippen LogP contribution in [0.5, 0.6) is 0 Å². The smallest absolute Gasteiger partial charge is 0.255 e. The first kappa shape index (κ1) is 22.2. The van der Waals surface area contributed by atoms with Gasteiger partial charge in [-0.05, 0) is 30.3 Å². The van der Waals surface area contributed by atoms with Gasteiger partial charge in [0.15, 0.2) is 0 Å². The van der Waals surface area contributed by atoms with Gasteiger partial charge in [-0.15, -0.1) is 0 Å². The Morgan fingerprint density at radius 3 is 2.33 bits per heavy atom. The van der Waals surface area contributed by atoms with Gasteiger partial charge in [-0.2, -0.15) is 0 Å². The van der Waals surface area contributed by atoms with Crippen molar-refractivity contribution in [3.8, 4) is 5.69 Å². The van der Waals surface area contributed by atoms with Gasteiger partial charge in [0.1, 0.15) is 11.6 Å². The molecule has 168 valence electrons. The summed E-state index contributed by atoms with van der Waals surface area (Å²) in [7, 11) is 0. The number of amides is 3.